The van der Waals surface area contributed by atoms with Crippen LogP contribution in [0.4, 0.5) is 0 Å². The summed E-state index contributed by atoms with van der Waals surface area (Å²) in [5.74, 6) is -0.396. The predicted octanol–water partition coefficient (Wildman–Crippen LogP) is 0.554. The predicted molar refractivity (Wildman–Crippen MR) is 89.6 cm³/mol. The van der Waals surface area contributed by atoms with Gasteiger partial charge in [0.25, 0.3) is 5.91 Å². The summed E-state index contributed by atoms with van der Waals surface area (Å²) in [7, 11) is -0.430. The fourth-order valence-electron chi connectivity index (χ4n) is 2.66. The average Bonchev–Trinajstić information content (AvgIpc) is 2.84. The molecule has 1 aliphatic rings. The zero-order valence-corrected chi connectivity index (χ0v) is 15.1. The molecule has 1 atom stereocenters. The highest BCUT2D eigenvalue weighted by Crippen LogP contribution is 2.28. The molecule has 1 amide bonds. The van der Waals surface area contributed by atoms with Crippen molar-refractivity contribution < 1.29 is 32.2 Å². The van der Waals surface area contributed by atoms with E-state index in [1.165, 1.54) is 32.4 Å². The Hall–Kier alpha value is -2.29. The lowest BCUT2D eigenvalue weighted by Crippen LogP contribution is -2.48. The third-order valence-corrected chi connectivity index (χ3v) is 5.79. The van der Waals surface area contributed by atoms with E-state index in [0.717, 1.165) is 0 Å². The SMILES string of the molecule is COC(=O)c1ccc(OCC(=O)N[C@]2(C)CCS(=O)(=O)C2)c(OC)c1. The van der Waals surface area contributed by atoms with E-state index >= 15 is 0 Å². The van der Waals surface area contributed by atoms with E-state index in [0.29, 0.717) is 12.0 Å². The van der Waals surface area contributed by atoms with Crippen LogP contribution in [0.2, 0.25) is 0 Å². The molecule has 0 radical (unpaired) electrons. The molecule has 1 saturated heterocycles. The largest absolute Gasteiger partial charge is 0.493 e. The molecule has 138 valence electrons. The molecule has 0 saturated carbocycles. The Bertz CT molecular complexity index is 775. The minimum atomic E-state index is -3.11. The van der Waals surface area contributed by atoms with Crippen LogP contribution < -0.4 is 14.8 Å². The molecule has 0 aliphatic carbocycles. The highest BCUT2D eigenvalue weighted by atomic mass is 32.2. The van der Waals surface area contributed by atoms with Gasteiger partial charge >= 0.3 is 5.97 Å². The zero-order chi connectivity index (χ0) is 18.7. The lowest BCUT2D eigenvalue weighted by atomic mass is 10.0. The lowest BCUT2D eigenvalue weighted by Gasteiger charge is -2.24. The number of ether oxygens (including phenoxy) is 3. The number of carbonyl (C=O) groups excluding carboxylic acids is 2. The van der Waals surface area contributed by atoms with E-state index < -0.39 is 27.3 Å². The van der Waals surface area contributed by atoms with Crippen molar-refractivity contribution in [1.29, 1.82) is 0 Å². The molecule has 1 N–H and O–H groups in total. The van der Waals surface area contributed by atoms with Crippen molar-refractivity contribution in [2.45, 2.75) is 18.9 Å². The maximum absolute atomic E-state index is 12.1. The number of rotatable bonds is 6. The fourth-order valence-corrected chi connectivity index (χ4v) is 4.75. The van der Waals surface area contributed by atoms with Crippen molar-refractivity contribution in [2.75, 3.05) is 32.3 Å². The van der Waals surface area contributed by atoms with E-state index in [-0.39, 0.29) is 29.6 Å². The van der Waals surface area contributed by atoms with E-state index in [4.69, 9.17) is 9.47 Å². The summed E-state index contributed by atoms with van der Waals surface area (Å²) in [6, 6.07) is 4.44. The number of esters is 1. The van der Waals surface area contributed by atoms with Crippen LogP contribution in [0.5, 0.6) is 11.5 Å². The van der Waals surface area contributed by atoms with Crippen LogP contribution >= 0.6 is 0 Å². The molecular weight excluding hydrogens is 350 g/mol. The minimum Gasteiger partial charge on any atom is -0.493 e. The molecule has 25 heavy (non-hydrogen) atoms. The first-order chi connectivity index (χ1) is 11.7. The monoisotopic (exact) mass is 371 g/mol. The molecule has 0 spiro atoms. The summed E-state index contributed by atoms with van der Waals surface area (Å²) in [4.78, 5) is 23.6. The number of benzene rings is 1. The summed E-state index contributed by atoms with van der Waals surface area (Å²) in [6.45, 7) is 1.39. The summed E-state index contributed by atoms with van der Waals surface area (Å²) in [5.41, 5.74) is -0.488. The van der Waals surface area contributed by atoms with Crippen molar-refractivity contribution in [2.24, 2.45) is 0 Å². The third kappa shape index (κ3) is 4.85. The number of hydrogen-bond donors (Lipinski definition) is 1. The van der Waals surface area contributed by atoms with Gasteiger partial charge in [0.1, 0.15) is 0 Å². The van der Waals surface area contributed by atoms with Gasteiger partial charge in [-0.2, -0.15) is 0 Å². The van der Waals surface area contributed by atoms with Crippen molar-refractivity contribution >= 4 is 21.7 Å². The molecule has 0 unspecified atom stereocenters. The van der Waals surface area contributed by atoms with E-state index in [9.17, 15) is 18.0 Å². The normalized spacial score (nSPS) is 21.4. The Kier molecular flexibility index (Phi) is 5.56. The summed E-state index contributed by atoms with van der Waals surface area (Å²) < 4.78 is 38.3. The second-order valence-electron chi connectivity index (χ2n) is 6.10. The van der Waals surface area contributed by atoms with Gasteiger partial charge < -0.3 is 19.5 Å². The third-order valence-electron chi connectivity index (χ3n) is 3.89. The molecule has 1 aliphatic heterocycles. The molecule has 0 aromatic heterocycles. The number of nitrogens with one attached hydrogen (secondary N) is 1. The molecule has 9 heteroatoms. The van der Waals surface area contributed by atoms with Gasteiger partial charge in [-0.3, -0.25) is 4.79 Å². The van der Waals surface area contributed by atoms with Gasteiger partial charge in [-0.25, -0.2) is 13.2 Å². The van der Waals surface area contributed by atoms with E-state index in [1.54, 1.807) is 6.92 Å². The van der Waals surface area contributed by atoms with Gasteiger partial charge in [-0.15, -0.1) is 0 Å². The highest BCUT2D eigenvalue weighted by molar-refractivity contribution is 7.91. The quantitative estimate of drug-likeness (QED) is 0.728. The van der Waals surface area contributed by atoms with Gasteiger partial charge in [0.15, 0.2) is 27.9 Å². The number of carbonyl (C=O) groups is 2. The van der Waals surface area contributed by atoms with Crippen LogP contribution in [0.1, 0.15) is 23.7 Å². The Morgan fingerprint density at radius 3 is 2.52 bits per heavy atom. The maximum Gasteiger partial charge on any atom is 0.337 e. The highest BCUT2D eigenvalue weighted by Gasteiger charge is 2.39. The Morgan fingerprint density at radius 2 is 1.96 bits per heavy atom. The number of hydrogen-bond acceptors (Lipinski definition) is 7. The van der Waals surface area contributed by atoms with Gasteiger partial charge in [-0.1, -0.05) is 0 Å². The minimum absolute atomic E-state index is 0.0629. The van der Waals surface area contributed by atoms with E-state index in [1.807, 2.05) is 0 Å². The second-order valence-corrected chi connectivity index (χ2v) is 8.28. The van der Waals surface area contributed by atoms with Crippen LogP contribution in [0.3, 0.4) is 0 Å². The molecule has 1 fully saturated rings. The first kappa shape index (κ1) is 19.0. The number of amides is 1. The molecule has 1 aromatic carbocycles. The van der Waals surface area contributed by atoms with Gasteiger partial charge in [0.2, 0.25) is 0 Å². The first-order valence-corrected chi connectivity index (χ1v) is 9.41. The van der Waals surface area contributed by atoms with Crippen molar-refractivity contribution in [1.82, 2.24) is 5.32 Å². The van der Waals surface area contributed by atoms with Crippen molar-refractivity contribution in [3.05, 3.63) is 23.8 Å². The standard InChI is InChI=1S/C16H21NO7S/c1-16(6-7-25(20,21)10-16)17-14(18)9-24-12-5-4-11(15(19)23-3)8-13(12)22-2/h4-5,8H,6-7,9-10H2,1-3H3,(H,17,18)/t16-/m1/s1. The van der Waals surface area contributed by atoms with Crippen LogP contribution in [0, 0.1) is 0 Å². The topological polar surface area (TPSA) is 108 Å². The van der Waals surface area contributed by atoms with Crippen LogP contribution in [0.25, 0.3) is 0 Å². The summed E-state index contributed by atoms with van der Waals surface area (Å²) in [6.07, 6.45) is 0.373. The zero-order valence-electron chi connectivity index (χ0n) is 14.3. The van der Waals surface area contributed by atoms with Crippen LogP contribution in [0.15, 0.2) is 18.2 Å². The average molecular weight is 371 g/mol. The summed E-state index contributed by atoms with van der Waals surface area (Å²) >= 11 is 0. The smallest absolute Gasteiger partial charge is 0.337 e. The fraction of sp³-hybridized carbons (Fsp3) is 0.500. The summed E-state index contributed by atoms with van der Waals surface area (Å²) in [5, 5.41) is 2.70. The molecule has 8 nitrogen and oxygen atoms in total. The maximum atomic E-state index is 12.1. The first-order valence-electron chi connectivity index (χ1n) is 7.59. The van der Waals surface area contributed by atoms with Crippen LogP contribution in [-0.4, -0.2) is 58.2 Å². The molecular formula is C16H21NO7S. The molecule has 1 heterocycles. The second kappa shape index (κ2) is 7.30. The molecule has 1 aromatic rings. The van der Waals surface area contributed by atoms with Gasteiger partial charge in [0.05, 0.1) is 36.8 Å². The number of methoxy groups -OCH3 is 2. The van der Waals surface area contributed by atoms with Gasteiger partial charge in [-0.05, 0) is 31.5 Å². The Balaban J connectivity index is 1.99. The van der Waals surface area contributed by atoms with Crippen molar-refractivity contribution in [3.8, 4) is 11.5 Å². The Morgan fingerprint density at radius 1 is 1.24 bits per heavy atom. The Labute approximate surface area is 146 Å². The van der Waals surface area contributed by atoms with Gasteiger partial charge in [0, 0.05) is 0 Å². The lowest BCUT2D eigenvalue weighted by molar-refractivity contribution is -0.124. The molecule has 2 rings (SSSR count). The number of sulfone groups is 1. The van der Waals surface area contributed by atoms with Crippen molar-refractivity contribution in [3.63, 3.8) is 0 Å². The van der Waals surface area contributed by atoms with Crippen LogP contribution in [-0.2, 0) is 19.4 Å². The van der Waals surface area contributed by atoms with E-state index in [2.05, 4.69) is 10.1 Å². The molecule has 0 bridgehead atoms.